The molecule has 2 rings (SSSR count). The molecule has 0 aliphatic rings. The molecule has 1 N–H and O–H groups in total. The summed E-state index contributed by atoms with van der Waals surface area (Å²) in [7, 11) is 1.94. The van der Waals surface area contributed by atoms with Gasteiger partial charge in [0.25, 0.3) is 0 Å². The van der Waals surface area contributed by atoms with E-state index in [1.807, 2.05) is 25.6 Å². The lowest BCUT2D eigenvalue weighted by atomic mass is 10.3. The Kier molecular flexibility index (Phi) is 3.63. The van der Waals surface area contributed by atoms with Crippen molar-refractivity contribution in [1.29, 1.82) is 0 Å². The van der Waals surface area contributed by atoms with E-state index >= 15 is 0 Å². The first-order chi connectivity index (χ1) is 8.09. The van der Waals surface area contributed by atoms with Crippen LogP contribution < -0.4 is 5.32 Å². The van der Waals surface area contributed by atoms with Gasteiger partial charge in [-0.2, -0.15) is 5.10 Å². The van der Waals surface area contributed by atoms with Crippen LogP contribution in [0.25, 0.3) is 0 Å². The topological polar surface area (TPSA) is 55.9 Å². The second kappa shape index (κ2) is 5.01. The van der Waals surface area contributed by atoms with Crippen molar-refractivity contribution in [2.45, 2.75) is 26.9 Å². The van der Waals surface area contributed by atoms with E-state index in [9.17, 15) is 0 Å². The van der Waals surface area contributed by atoms with Crippen molar-refractivity contribution < 1.29 is 4.42 Å². The molecule has 0 saturated carbocycles. The molecule has 5 nitrogen and oxygen atoms in total. The minimum absolute atomic E-state index is 0.693. The quantitative estimate of drug-likeness (QED) is 0.939. The highest BCUT2D eigenvalue weighted by atomic mass is 79.9. The van der Waals surface area contributed by atoms with Crippen molar-refractivity contribution in [3.05, 3.63) is 33.7 Å². The van der Waals surface area contributed by atoms with Gasteiger partial charge in [0.15, 0.2) is 6.39 Å². The lowest BCUT2D eigenvalue weighted by molar-refractivity contribution is 0.521. The predicted octanol–water partition coefficient (Wildman–Crippen LogP) is 2.08. The van der Waals surface area contributed by atoms with E-state index in [-0.39, 0.29) is 0 Å². The Morgan fingerprint density at radius 1 is 1.41 bits per heavy atom. The summed E-state index contributed by atoms with van der Waals surface area (Å²) < 4.78 is 8.08. The molecule has 0 saturated heterocycles. The lowest BCUT2D eigenvalue weighted by Gasteiger charge is -2.04. The summed E-state index contributed by atoms with van der Waals surface area (Å²) in [5.41, 5.74) is 3.07. The molecule has 0 aromatic carbocycles. The van der Waals surface area contributed by atoms with E-state index in [1.165, 1.54) is 6.39 Å². The minimum atomic E-state index is 0.693. The van der Waals surface area contributed by atoms with E-state index in [4.69, 9.17) is 4.42 Å². The molecular weight excluding hydrogens is 284 g/mol. The van der Waals surface area contributed by atoms with Crippen LogP contribution in [-0.2, 0) is 20.1 Å². The minimum Gasteiger partial charge on any atom is -0.448 e. The maximum Gasteiger partial charge on any atom is 0.181 e. The summed E-state index contributed by atoms with van der Waals surface area (Å²) in [6.07, 6.45) is 1.47. The third kappa shape index (κ3) is 2.58. The molecule has 92 valence electrons. The molecule has 0 aliphatic heterocycles. The van der Waals surface area contributed by atoms with Crippen LogP contribution in [0.15, 0.2) is 15.3 Å². The average molecular weight is 299 g/mol. The summed E-state index contributed by atoms with van der Waals surface area (Å²) in [6.45, 7) is 5.33. The van der Waals surface area contributed by atoms with E-state index in [1.54, 1.807) is 0 Å². The van der Waals surface area contributed by atoms with Gasteiger partial charge in [0.2, 0.25) is 0 Å². The van der Waals surface area contributed by atoms with Gasteiger partial charge in [-0.25, -0.2) is 4.98 Å². The zero-order chi connectivity index (χ0) is 12.4. The highest BCUT2D eigenvalue weighted by Crippen LogP contribution is 2.19. The summed E-state index contributed by atoms with van der Waals surface area (Å²) in [6, 6.07) is 0. The fourth-order valence-electron chi connectivity index (χ4n) is 1.67. The Morgan fingerprint density at radius 3 is 2.71 bits per heavy atom. The van der Waals surface area contributed by atoms with Crippen molar-refractivity contribution in [1.82, 2.24) is 20.1 Å². The summed E-state index contributed by atoms with van der Waals surface area (Å²) in [5.74, 6) is 0.859. The molecule has 0 aliphatic carbocycles. The van der Waals surface area contributed by atoms with Gasteiger partial charge in [-0.3, -0.25) is 4.68 Å². The van der Waals surface area contributed by atoms with Gasteiger partial charge < -0.3 is 9.73 Å². The van der Waals surface area contributed by atoms with Crippen molar-refractivity contribution >= 4 is 15.9 Å². The van der Waals surface area contributed by atoms with Crippen LogP contribution in [0.2, 0.25) is 0 Å². The fourth-order valence-corrected chi connectivity index (χ4v) is 2.15. The van der Waals surface area contributed by atoms with Crippen molar-refractivity contribution in [2.24, 2.45) is 7.05 Å². The molecule has 0 amide bonds. The lowest BCUT2D eigenvalue weighted by Crippen LogP contribution is -2.16. The van der Waals surface area contributed by atoms with Gasteiger partial charge in [0, 0.05) is 20.1 Å². The van der Waals surface area contributed by atoms with Gasteiger partial charge in [-0.1, -0.05) is 0 Å². The predicted molar refractivity (Wildman–Crippen MR) is 67.4 cm³/mol. The van der Waals surface area contributed by atoms with Crippen molar-refractivity contribution in [3.8, 4) is 0 Å². The SMILES string of the molecule is Cc1nn(C)c(CNCc2ncoc2C)c1Br. The third-order valence-electron chi connectivity index (χ3n) is 2.69. The first-order valence-electron chi connectivity index (χ1n) is 5.37. The van der Waals surface area contributed by atoms with Crippen LogP contribution >= 0.6 is 15.9 Å². The standard InChI is InChI=1S/C11H15BrN4O/c1-7-11(12)10(16(3)15-7)5-13-4-9-8(2)17-6-14-9/h6,13H,4-5H2,1-3H3. The van der Waals surface area contributed by atoms with Crippen molar-refractivity contribution in [2.75, 3.05) is 0 Å². The zero-order valence-electron chi connectivity index (χ0n) is 10.1. The first kappa shape index (κ1) is 12.3. The molecule has 0 fully saturated rings. The highest BCUT2D eigenvalue weighted by Gasteiger charge is 2.10. The Morgan fingerprint density at radius 2 is 2.18 bits per heavy atom. The Hall–Kier alpha value is -1.14. The normalized spacial score (nSPS) is 11.1. The molecule has 2 heterocycles. The van der Waals surface area contributed by atoms with Gasteiger partial charge >= 0.3 is 0 Å². The number of aryl methyl sites for hydroxylation is 3. The van der Waals surface area contributed by atoms with E-state index in [2.05, 4.69) is 31.3 Å². The molecule has 0 bridgehead atoms. The maximum atomic E-state index is 5.14. The smallest absolute Gasteiger partial charge is 0.181 e. The number of rotatable bonds is 4. The number of aromatic nitrogens is 3. The van der Waals surface area contributed by atoms with Crippen LogP contribution in [-0.4, -0.2) is 14.8 Å². The van der Waals surface area contributed by atoms with Crippen LogP contribution in [0.4, 0.5) is 0 Å². The van der Waals surface area contributed by atoms with Gasteiger partial charge in [-0.05, 0) is 29.8 Å². The number of hydrogen-bond donors (Lipinski definition) is 1. The van der Waals surface area contributed by atoms with E-state index in [0.717, 1.165) is 33.9 Å². The largest absolute Gasteiger partial charge is 0.448 e. The molecule has 2 aromatic heterocycles. The third-order valence-corrected chi connectivity index (χ3v) is 3.72. The van der Waals surface area contributed by atoms with Crippen LogP contribution in [0.3, 0.4) is 0 Å². The van der Waals surface area contributed by atoms with E-state index < -0.39 is 0 Å². The molecule has 17 heavy (non-hydrogen) atoms. The van der Waals surface area contributed by atoms with Crippen molar-refractivity contribution in [3.63, 3.8) is 0 Å². The summed E-state index contributed by atoms with van der Waals surface area (Å²) >= 11 is 3.54. The Labute approximate surface area is 108 Å². The number of halogens is 1. The second-order valence-corrected chi connectivity index (χ2v) is 4.72. The maximum absolute atomic E-state index is 5.14. The molecule has 0 radical (unpaired) electrons. The average Bonchev–Trinajstić information content (AvgIpc) is 2.78. The Bertz CT molecular complexity index is 518. The zero-order valence-corrected chi connectivity index (χ0v) is 11.7. The summed E-state index contributed by atoms with van der Waals surface area (Å²) in [4.78, 5) is 4.13. The van der Waals surface area contributed by atoms with Crippen LogP contribution in [0, 0.1) is 13.8 Å². The number of hydrogen-bond acceptors (Lipinski definition) is 4. The van der Waals surface area contributed by atoms with E-state index in [0.29, 0.717) is 6.54 Å². The van der Waals surface area contributed by atoms with Gasteiger partial charge in [0.1, 0.15) is 5.76 Å². The molecule has 2 aromatic rings. The molecule has 0 unspecified atom stereocenters. The van der Waals surface area contributed by atoms with Gasteiger partial charge in [-0.15, -0.1) is 0 Å². The van der Waals surface area contributed by atoms with Crippen LogP contribution in [0.1, 0.15) is 22.8 Å². The molecule has 6 heteroatoms. The fraction of sp³-hybridized carbons (Fsp3) is 0.455. The Balaban J connectivity index is 1.97. The monoisotopic (exact) mass is 298 g/mol. The highest BCUT2D eigenvalue weighted by molar-refractivity contribution is 9.10. The molecular formula is C11H15BrN4O. The molecule has 0 atom stereocenters. The second-order valence-electron chi connectivity index (χ2n) is 3.93. The summed E-state index contributed by atoms with van der Waals surface area (Å²) in [5, 5.41) is 7.67. The number of oxazole rings is 1. The van der Waals surface area contributed by atoms with Gasteiger partial charge in [0.05, 0.1) is 21.6 Å². The number of nitrogens with zero attached hydrogens (tertiary/aromatic N) is 3. The van der Waals surface area contributed by atoms with Crippen LogP contribution in [0.5, 0.6) is 0 Å². The first-order valence-corrected chi connectivity index (χ1v) is 6.16. The molecule has 0 spiro atoms. The number of nitrogens with one attached hydrogen (secondary N) is 1.